The second-order valence-corrected chi connectivity index (χ2v) is 6.97. The van der Waals surface area contributed by atoms with E-state index in [2.05, 4.69) is 47.5 Å². The van der Waals surface area contributed by atoms with Crippen molar-refractivity contribution in [3.8, 4) is 0 Å². The first-order chi connectivity index (χ1) is 10.7. The van der Waals surface area contributed by atoms with Gasteiger partial charge in [-0.1, -0.05) is 49.6 Å². The minimum absolute atomic E-state index is 0.284. The van der Waals surface area contributed by atoms with E-state index >= 15 is 0 Å². The van der Waals surface area contributed by atoms with Crippen LogP contribution in [0.5, 0.6) is 0 Å². The van der Waals surface area contributed by atoms with Gasteiger partial charge in [0.2, 0.25) is 5.91 Å². The molecule has 1 N–H and O–H groups in total. The molecule has 22 heavy (non-hydrogen) atoms. The van der Waals surface area contributed by atoms with Crippen LogP contribution in [-0.4, -0.2) is 36.0 Å². The molecule has 2 aliphatic rings. The Kier molecular flexibility index (Phi) is 5.14. The highest BCUT2D eigenvalue weighted by Crippen LogP contribution is 2.27. The molecule has 120 valence electrons. The predicted octanol–water partition coefficient (Wildman–Crippen LogP) is 3.00. The molecule has 1 aliphatic heterocycles. The average molecular weight is 300 g/mol. The van der Waals surface area contributed by atoms with Gasteiger partial charge in [-0.15, -0.1) is 0 Å². The van der Waals surface area contributed by atoms with E-state index in [1.165, 1.54) is 24.8 Å². The van der Waals surface area contributed by atoms with Crippen LogP contribution in [0.1, 0.15) is 44.6 Å². The second kappa shape index (κ2) is 7.28. The van der Waals surface area contributed by atoms with Gasteiger partial charge in [0.1, 0.15) is 0 Å². The van der Waals surface area contributed by atoms with E-state index in [0.717, 1.165) is 32.4 Å². The molecule has 1 aromatic carbocycles. The zero-order chi connectivity index (χ0) is 15.4. The summed E-state index contributed by atoms with van der Waals surface area (Å²) in [6.07, 6.45) is 6.95. The normalized spacial score (nSPS) is 26.9. The molecule has 1 saturated carbocycles. The maximum absolute atomic E-state index is 12.9. The molecule has 3 heteroatoms. The van der Waals surface area contributed by atoms with Crippen LogP contribution in [0, 0.1) is 5.92 Å². The highest BCUT2D eigenvalue weighted by Gasteiger charge is 2.33. The van der Waals surface area contributed by atoms with Crippen molar-refractivity contribution in [2.24, 2.45) is 5.92 Å². The Balaban J connectivity index is 1.61. The molecule has 3 nitrogen and oxygen atoms in total. The van der Waals surface area contributed by atoms with Crippen molar-refractivity contribution >= 4 is 5.91 Å². The van der Waals surface area contributed by atoms with E-state index in [-0.39, 0.29) is 5.92 Å². The van der Waals surface area contributed by atoms with Gasteiger partial charge < -0.3 is 10.2 Å². The number of carbonyl (C=O) groups is 1. The molecule has 2 unspecified atom stereocenters. The lowest BCUT2D eigenvalue weighted by Gasteiger charge is -2.41. The lowest BCUT2D eigenvalue weighted by atomic mass is 9.87. The maximum Gasteiger partial charge on any atom is 0.226 e. The van der Waals surface area contributed by atoms with Crippen molar-refractivity contribution in [1.29, 1.82) is 0 Å². The van der Waals surface area contributed by atoms with Crippen molar-refractivity contribution in [2.75, 3.05) is 13.1 Å². The molecule has 0 spiro atoms. The summed E-state index contributed by atoms with van der Waals surface area (Å²) in [4.78, 5) is 15.0. The van der Waals surface area contributed by atoms with Crippen LogP contribution in [-0.2, 0) is 11.2 Å². The third kappa shape index (κ3) is 3.70. The van der Waals surface area contributed by atoms with Crippen LogP contribution >= 0.6 is 0 Å². The molecule has 1 heterocycles. The highest BCUT2D eigenvalue weighted by atomic mass is 16.2. The summed E-state index contributed by atoms with van der Waals surface area (Å²) >= 11 is 0. The number of nitrogens with zero attached hydrogens (tertiary/aromatic N) is 1. The van der Waals surface area contributed by atoms with Crippen LogP contribution in [0.4, 0.5) is 0 Å². The largest absolute Gasteiger partial charge is 0.337 e. The number of piperazine rings is 1. The van der Waals surface area contributed by atoms with Gasteiger partial charge >= 0.3 is 0 Å². The minimum atomic E-state index is 0.284. The summed E-state index contributed by atoms with van der Waals surface area (Å²) in [6.45, 7) is 3.94. The fourth-order valence-corrected chi connectivity index (χ4v) is 3.86. The lowest BCUT2D eigenvalue weighted by molar-refractivity contribution is -0.140. The molecule has 2 fully saturated rings. The van der Waals surface area contributed by atoms with Crippen LogP contribution in [0.2, 0.25) is 0 Å². The standard InChI is InChI=1S/C19H28N2O/c1-15-13-20-18(12-16-8-4-2-5-9-16)14-21(15)19(22)17-10-6-3-7-11-17/h2,4-5,8-9,15,17-18,20H,3,6-7,10-14H2,1H3. The van der Waals surface area contributed by atoms with Crippen molar-refractivity contribution < 1.29 is 4.79 Å². The van der Waals surface area contributed by atoms with Crippen molar-refractivity contribution in [3.63, 3.8) is 0 Å². The second-order valence-electron chi connectivity index (χ2n) is 6.97. The number of benzene rings is 1. The van der Waals surface area contributed by atoms with Gasteiger partial charge in [-0.3, -0.25) is 4.79 Å². The van der Waals surface area contributed by atoms with Gasteiger partial charge in [0, 0.05) is 31.1 Å². The van der Waals surface area contributed by atoms with Gasteiger partial charge in [-0.25, -0.2) is 0 Å². The van der Waals surface area contributed by atoms with Gasteiger partial charge in [0.15, 0.2) is 0 Å². The molecule has 1 aliphatic carbocycles. The van der Waals surface area contributed by atoms with E-state index in [9.17, 15) is 4.79 Å². The van der Waals surface area contributed by atoms with E-state index in [4.69, 9.17) is 0 Å². The Bertz CT molecular complexity index is 481. The minimum Gasteiger partial charge on any atom is -0.337 e. The number of carbonyl (C=O) groups excluding carboxylic acids is 1. The Hall–Kier alpha value is -1.35. The molecule has 2 atom stereocenters. The number of rotatable bonds is 3. The molecular formula is C19H28N2O. The number of hydrogen-bond donors (Lipinski definition) is 1. The first-order valence-corrected chi connectivity index (χ1v) is 8.82. The maximum atomic E-state index is 12.9. The third-order valence-corrected chi connectivity index (χ3v) is 5.21. The summed E-state index contributed by atoms with van der Waals surface area (Å²) in [7, 11) is 0. The zero-order valence-electron chi connectivity index (χ0n) is 13.6. The number of nitrogens with one attached hydrogen (secondary N) is 1. The highest BCUT2D eigenvalue weighted by molar-refractivity contribution is 5.79. The fourth-order valence-electron chi connectivity index (χ4n) is 3.86. The van der Waals surface area contributed by atoms with Crippen LogP contribution in [0.3, 0.4) is 0 Å². The summed E-state index contributed by atoms with van der Waals surface area (Å²) in [6, 6.07) is 11.3. The first-order valence-electron chi connectivity index (χ1n) is 8.82. The summed E-state index contributed by atoms with van der Waals surface area (Å²) in [5.74, 6) is 0.693. The Labute approximate surface area is 134 Å². The lowest BCUT2D eigenvalue weighted by Crippen LogP contribution is -2.59. The van der Waals surface area contributed by atoms with E-state index < -0.39 is 0 Å². The molecule has 1 saturated heterocycles. The van der Waals surface area contributed by atoms with Gasteiger partial charge in [0.05, 0.1) is 0 Å². The van der Waals surface area contributed by atoms with Crippen molar-refractivity contribution in [1.82, 2.24) is 10.2 Å². The molecule has 1 aromatic rings. The zero-order valence-corrected chi connectivity index (χ0v) is 13.6. The molecule has 1 amide bonds. The van der Waals surface area contributed by atoms with Crippen LogP contribution in [0.25, 0.3) is 0 Å². The van der Waals surface area contributed by atoms with Crippen molar-refractivity contribution in [3.05, 3.63) is 35.9 Å². The smallest absolute Gasteiger partial charge is 0.226 e. The Morgan fingerprint density at radius 1 is 1.18 bits per heavy atom. The van der Waals surface area contributed by atoms with Gasteiger partial charge in [-0.2, -0.15) is 0 Å². The first kappa shape index (κ1) is 15.5. The van der Waals surface area contributed by atoms with Crippen molar-refractivity contribution in [2.45, 2.75) is 57.5 Å². The summed E-state index contributed by atoms with van der Waals surface area (Å²) < 4.78 is 0. The predicted molar refractivity (Wildman–Crippen MR) is 89.7 cm³/mol. The molecule has 0 radical (unpaired) electrons. The van der Waals surface area contributed by atoms with E-state index in [1.807, 2.05) is 0 Å². The topological polar surface area (TPSA) is 32.3 Å². The van der Waals surface area contributed by atoms with E-state index in [1.54, 1.807) is 0 Å². The summed E-state index contributed by atoms with van der Waals surface area (Å²) in [5, 5.41) is 3.61. The molecule has 0 aromatic heterocycles. The summed E-state index contributed by atoms with van der Waals surface area (Å²) in [5.41, 5.74) is 1.35. The SMILES string of the molecule is CC1CNC(Cc2ccccc2)CN1C(=O)C1CCCCC1. The Morgan fingerprint density at radius 3 is 2.64 bits per heavy atom. The van der Waals surface area contributed by atoms with E-state index in [0.29, 0.717) is 18.0 Å². The molecular weight excluding hydrogens is 272 g/mol. The molecule has 0 bridgehead atoms. The Morgan fingerprint density at radius 2 is 1.91 bits per heavy atom. The number of amides is 1. The quantitative estimate of drug-likeness (QED) is 0.930. The third-order valence-electron chi connectivity index (χ3n) is 5.21. The monoisotopic (exact) mass is 300 g/mol. The average Bonchev–Trinajstić information content (AvgIpc) is 2.58. The number of hydrogen-bond acceptors (Lipinski definition) is 2. The van der Waals surface area contributed by atoms with Gasteiger partial charge in [0.25, 0.3) is 0 Å². The van der Waals surface area contributed by atoms with Gasteiger partial charge in [-0.05, 0) is 31.7 Å². The fraction of sp³-hybridized carbons (Fsp3) is 0.632. The molecule has 3 rings (SSSR count). The van der Waals surface area contributed by atoms with Crippen LogP contribution < -0.4 is 5.32 Å². The van der Waals surface area contributed by atoms with Crippen LogP contribution in [0.15, 0.2) is 30.3 Å².